The number of pyridine rings is 1. The van der Waals surface area contributed by atoms with E-state index in [2.05, 4.69) is 10.3 Å². The predicted molar refractivity (Wildman–Crippen MR) is 91.8 cm³/mol. The Morgan fingerprint density at radius 1 is 1.13 bits per heavy atom. The van der Waals surface area contributed by atoms with E-state index in [1.165, 1.54) is 0 Å². The molecule has 1 amide bonds. The second kappa shape index (κ2) is 7.24. The minimum Gasteiger partial charge on any atom is -0.389 e. The molecule has 0 saturated carbocycles. The van der Waals surface area contributed by atoms with Gasteiger partial charge >= 0.3 is 0 Å². The first-order valence-electron chi connectivity index (χ1n) is 7.68. The lowest BCUT2D eigenvalue weighted by Crippen LogP contribution is -2.42. The van der Waals surface area contributed by atoms with Crippen LogP contribution in [0.1, 0.15) is 31.1 Å². The number of carbonyl (C=O) groups is 1. The summed E-state index contributed by atoms with van der Waals surface area (Å²) in [7, 11) is 0. The lowest BCUT2D eigenvalue weighted by atomic mass is 10.1. The molecule has 0 unspecified atom stereocenters. The van der Waals surface area contributed by atoms with Crippen molar-refractivity contribution in [1.82, 2.24) is 9.88 Å². The molecule has 0 bridgehead atoms. The van der Waals surface area contributed by atoms with Crippen molar-refractivity contribution in [2.24, 2.45) is 0 Å². The van der Waals surface area contributed by atoms with Crippen molar-refractivity contribution >= 4 is 17.3 Å². The van der Waals surface area contributed by atoms with Gasteiger partial charge in [0, 0.05) is 42.4 Å². The van der Waals surface area contributed by atoms with Gasteiger partial charge in [-0.3, -0.25) is 9.78 Å². The minimum atomic E-state index is -0.908. The number of aliphatic hydroxyl groups is 1. The van der Waals surface area contributed by atoms with Crippen LogP contribution < -0.4 is 5.32 Å². The molecular weight excluding hydrogens is 290 g/mol. The van der Waals surface area contributed by atoms with Crippen molar-refractivity contribution in [2.75, 3.05) is 18.4 Å². The summed E-state index contributed by atoms with van der Waals surface area (Å²) < 4.78 is 0. The summed E-state index contributed by atoms with van der Waals surface area (Å²) in [5, 5.41) is 13.2. The molecule has 0 radical (unpaired) electrons. The van der Waals surface area contributed by atoms with Crippen LogP contribution >= 0.6 is 0 Å². The second-order valence-electron chi connectivity index (χ2n) is 6.07. The number of hydrogen-bond donors (Lipinski definition) is 2. The molecule has 1 heterocycles. The highest BCUT2D eigenvalue weighted by Gasteiger charge is 2.22. The highest BCUT2D eigenvalue weighted by molar-refractivity contribution is 5.94. The topological polar surface area (TPSA) is 65.5 Å². The van der Waals surface area contributed by atoms with Crippen LogP contribution in [0.4, 0.5) is 11.4 Å². The number of anilines is 2. The summed E-state index contributed by atoms with van der Waals surface area (Å²) in [6.07, 6.45) is 3.44. The number of carbonyl (C=O) groups excluding carboxylic acids is 1. The average Bonchev–Trinajstić information content (AvgIpc) is 2.53. The van der Waals surface area contributed by atoms with Gasteiger partial charge < -0.3 is 15.3 Å². The maximum Gasteiger partial charge on any atom is 0.253 e. The largest absolute Gasteiger partial charge is 0.389 e. The molecule has 0 atom stereocenters. The number of rotatable bonds is 6. The Morgan fingerprint density at radius 2 is 1.70 bits per heavy atom. The first kappa shape index (κ1) is 17.0. The van der Waals surface area contributed by atoms with Gasteiger partial charge in [-0.1, -0.05) is 0 Å². The molecular formula is C18H23N3O2. The Hall–Kier alpha value is -2.40. The van der Waals surface area contributed by atoms with E-state index >= 15 is 0 Å². The van der Waals surface area contributed by atoms with E-state index in [0.717, 1.165) is 11.4 Å². The van der Waals surface area contributed by atoms with E-state index < -0.39 is 5.60 Å². The maximum atomic E-state index is 12.5. The zero-order chi connectivity index (χ0) is 16.9. The molecule has 0 fully saturated rings. The second-order valence-corrected chi connectivity index (χ2v) is 6.07. The summed E-state index contributed by atoms with van der Waals surface area (Å²) in [6.45, 7) is 6.16. The Kier molecular flexibility index (Phi) is 5.34. The van der Waals surface area contributed by atoms with Gasteiger partial charge in [-0.2, -0.15) is 0 Å². The van der Waals surface area contributed by atoms with Gasteiger partial charge in [-0.25, -0.2) is 0 Å². The summed E-state index contributed by atoms with van der Waals surface area (Å²) >= 11 is 0. The van der Waals surface area contributed by atoms with Gasteiger partial charge in [-0.05, 0) is 57.2 Å². The van der Waals surface area contributed by atoms with Crippen molar-refractivity contribution < 1.29 is 9.90 Å². The van der Waals surface area contributed by atoms with Crippen molar-refractivity contribution in [3.05, 3.63) is 54.4 Å². The Bertz CT molecular complexity index is 634. The molecule has 2 rings (SSSR count). The molecule has 2 aromatic rings. The summed E-state index contributed by atoms with van der Waals surface area (Å²) in [6, 6.07) is 11.1. The van der Waals surface area contributed by atoms with Crippen LogP contribution in [0.5, 0.6) is 0 Å². The van der Waals surface area contributed by atoms with Crippen LogP contribution in [0, 0.1) is 0 Å². The van der Waals surface area contributed by atoms with E-state index in [1.807, 2.05) is 31.2 Å². The molecule has 0 spiro atoms. The van der Waals surface area contributed by atoms with Crippen molar-refractivity contribution in [3.8, 4) is 0 Å². The van der Waals surface area contributed by atoms with Crippen LogP contribution in [-0.4, -0.2) is 39.6 Å². The van der Waals surface area contributed by atoms with E-state index in [-0.39, 0.29) is 5.91 Å². The van der Waals surface area contributed by atoms with Crippen LogP contribution in [0.25, 0.3) is 0 Å². The monoisotopic (exact) mass is 313 g/mol. The molecule has 5 nitrogen and oxygen atoms in total. The SMILES string of the molecule is CCN(CC(C)(C)O)C(=O)c1ccc(Nc2ccncc2)cc1. The third-order valence-electron chi connectivity index (χ3n) is 3.35. The van der Waals surface area contributed by atoms with E-state index in [4.69, 9.17) is 0 Å². The lowest BCUT2D eigenvalue weighted by Gasteiger charge is -2.28. The molecule has 122 valence electrons. The third-order valence-corrected chi connectivity index (χ3v) is 3.35. The van der Waals surface area contributed by atoms with Gasteiger partial charge in [0.15, 0.2) is 0 Å². The molecule has 5 heteroatoms. The fraction of sp³-hybridized carbons (Fsp3) is 0.333. The van der Waals surface area contributed by atoms with Gasteiger partial charge in [0.2, 0.25) is 0 Å². The lowest BCUT2D eigenvalue weighted by molar-refractivity contribution is 0.0314. The zero-order valence-corrected chi connectivity index (χ0v) is 13.8. The Balaban J connectivity index is 2.07. The smallest absolute Gasteiger partial charge is 0.253 e. The quantitative estimate of drug-likeness (QED) is 0.860. The van der Waals surface area contributed by atoms with Crippen molar-refractivity contribution in [1.29, 1.82) is 0 Å². The third kappa shape index (κ3) is 5.07. The molecule has 1 aromatic heterocycles. The minimum absolute atomic E-state index is 0.0786. The molecule has 0 saturated heterocycles. The van der Waals surface area contributed by atoms with Gasteiger partial charge in [0.1, 0.15) is 0 Å². The van der Waals surface area contributed by atoms with E-state index in [1.54, 1.807) is 43.3 Å². The van der Waals surface area contributed by atoms with Crippen LogP contribution in [0.15, 0.2) is 48.8 Å². The van der Waals surface area contributed by atoms with Crippen LogP contribution in [0.2, 0.25) is 0 Å². The van der Waals surface area contributed by atoms with Gasteiger partial charge in [0.05, 0.1) is 5.60 Å². The predicted octanol–water partition coefficient (Wildman–Crippen LogP) is 3.06. The van der Waals surface area contributed by atoms with Crippen LogP contribution in [-0.2, 0) is 0 Å². The number of nitrogens with zero attached hydrogens (tertiary/aromatic N) is 2. The number of aromatic nitrogens is 1. The summed E-state index contributed by atoms with van der Waals surface area (Å²) in [5.41, 5.74) is 1.54. The Labute approximate surface area is 137 Å². The molecule has 0 aliphatic rings. The summed E-state index contributed by atoms with van der Waals surface area (Å²) in [4.78, 5) is 18.1. The molecule has 23 heavy (non-hydrogen) atoms. The number of likely N-dealkylation sites (N-methyl/N-ethyl adjacent to an activating group) is 1. The highest BCUT2D eigenvalue weighted by atomic mass is 16.3. The fourth-order valence-corrected chi connectivity index (χ4v) is 2.27. The van der Waals surface area contributed by atoms with E-state index in [9.17, 15) is 9.90 Å². The summed E-state index contributed by atoms with van der Waals surface area (Å²) in [5.74, 6) is -0.0786. The van der Waals surface area contributed by atoms with Crippen molar-refractivity contribution in [2.45, 2.75) is 26.4 Å². The first-order chi connectivity index (χ1) is 10.9. The normalized spacial score (nSPS) is 11.1. The zero-order valence-electron chi connectivity index (χ0n) is 13.8. The fourth-order valence-electron chi connectivity index (χ4n) is 2.27. The molecule has 0 aliphatic heterocycles. The van der Waals surface area contributed by atoms with Crippen molar-refractivity contribution in [3.63, 3.8) is 0 Å². The Morgan fingerprint density at radius 3 is 2.22 bits per heavy atom. The molecule has 0 aliphatic carbocycles. The molecule has 2 N–H and O–H groups in total. The number of hydrogen-bond acceptors (Lipinski definition) is 4. The molecule has 1 aromatic carbocycles. The number of benzene rings is 1. The number of nitrogens with one attached hydrogen (secondary N) is 1. The van der Waals surface area contributed by atoms with Crippen LogP contribution in [0.3, 0.4) is 0 Å². The van der Waals surface area contributed by atoms with E-state index in [0.29, 0.717) is 18.7 Å². The first-order valence-corrected chi connectivity index (χ1v) is 7.68. The average molecular weight is 313 g/mol. The van der Waals surface area contributed by atoms with Gasteiger partial charge in [-0.15, -0.1) is 0 Å². The number of amides is 1. The van der Waals surface area contributed by atoms with Gasteiger partial charge in [0.25, 0.3) is 5.91 Å². The maximum absolute atomic E-state index is 12.5. The standard InChI is InChI=1S/C18H23N3O2/c1-4-21(13-18(2,3)23)17(22)14-5-7-15(8-6-14)20-16-9-11-19-12-10-16/h5-12,23H,4,13H2,1-3H3,(H,19,20). The highest BCUT2D eigenvalue weighted by Crippen LogP contribution is 2.17.